The number of aromatic nitrogens is 2. The summed E-state index contributed by atoms with van der Waals surface area (Å²) in [7, 11) is 0. The molecule has 1 aliphatic carbocycles. The van der Waals surface area contributed by atoms with Gasteiger partial charge >= 0.3 is 0 Å². The lowest BCUT2D eigenvalue weighted by Crippen LogP contribution is -2.35. The molecule has 1 aromatic carbocycles. The summed E-state index contributed by atoms with van der Waals surface area (Å²) in [5.41, 5.74) is 6.72. The smallest absolute Gasteiger partial charge is 0.223 e. The molecule has 1 unspecified atom stereocenters. The van der Waals surface area contributed by atoms with Crippen molar-refractivity contribution < 1.29 is 32.8 Å². The fourth-order valence-electron chi connectivity index (χ4n) is 5.07. The zero-order chi connectivity index (χ0) is 26.9. The van der Waals surface area contributed by atoms with E-state index in [-0.39, 0.29) is 29.1 Å². The quantitative estimate of drug-likeness (QED) is 0.302. The molecule has 1 saturated carbocycles. The Balaban J connectivity index is 1.62. The van der Waals surface area contributed by atoms with Gasteiger partial charge in [-0.1, -0.05) is 17.7 Å². The number of rotatable bonds is 10. The lowest BCUT2D eigenvalue weighted by Gasteiger charge is -2.27. The van der Waals surface area contributed by atoms with Gasteiger partial charge in [0, 0.05) is 31.1 Å². The topological polar surface area (TPSA) is 121 Å². The van der Waals surface area contributed by atoms with Crippen molar-refractivity contribution in [2.75, 3.05) is 24.3 Å². The SMILES string of the molecule is CCOC(Cc1c(Cl)nc(N)nc1N[C@@H]1C[C@H](C(O)c2ccc(F)c(F)c2)[C@H]2OC(C)(C)O[C@H]21)OCC. The number of halogens is 3. The summed E-state index contributed by atoms with van der Waals surface area (Å²) in [5.74, 6) is -3.03. The van der Waals surface area contributed by atoms with Crippen LogP contribution < -0.4 is 11.1 Å². The number of nitrogens with one attached hydrogen (secondary N) is 1. The van der Waals surface area contributed by atoms with Gasteiger partial charge in [-0.3, -0.25) is 0 Å². The number of fused-ring (bicyclic) bond motifs is 1. The maximum atomic E-state index is 13.9. The van der Waals surface area contributed by atoms with Crippen LogP contribution >= 0.6 is 11.6 Å². The molecule has 1 saturated heterocycles. The molecule has 12 heteroatoms. The van der Waals surface area contributed by atoms with Gasteiger partial charge in [-0.05, 0) is 51.8 Å². The Morgan fingerprint density at radius 2 is 1.84 bits per heavy atom. The fraction of sp³-hybridized carbons (Fsp3) is 0.600. The molecule has 0 amide bonds. The van der Waals surface area contributed by atoms with Crippen molar-refractivity contribution in [1.82, 2.24) is 9.97 Å². The number of nitrogens with two attached hydrogens (primary N) is 1. The molecule has 2 aromatic rings. The van der Waals surface area contributed by atoms with Crippen LogP contribution in [0.3, 0.4) is 0 Å². The van der Waals surface area contributed by atoms with E-state index in [2.05, 4.69) is 15.3 Å². The highest BCUT2D eigenvalue weighted by atomic mass is 35.5. The normalized spacial score (nSPS) is 25.4. The Morgan fingerprint density at radius 1 is 1.16 bits per heavy atom. The molecule has 2 fully saturated rings. The summed E-state index contributed by atoms with van der Waals surface area (Å²) >= 11 is 6.46. The van der Waals surface area contributed by atoms with Crippen LogP contribution in [0.15, 0.2) is 18.2 Å². The Bertz CT molecular complexity index is 1100. The van der Waals surface area contributed by atoms with Crippen molar-refractivity contribution in [2.45, 2.75) is 77.0 Å². The average molecular weight is 543 g/mol. The molecule has 0 bridgehead atoms. The van der Waals surface area contributed by atoms with E-state index in [4.69, 9.17) is 36.3 Å². The summed E-state index contributed by atoms with van der Waals surface area (Å²) in [4.78, 5) is 8.47. The molecule has 204 valence electrons. The van der Waals surface area contributed by atoms with Crippen LogP contribution in [-0.4, -0.2) is 58.6 Å². The molecule has 9 nitrogen and oxygen atoms in total. The second-order valence-electron chi connectivity index (χ2n) is 9.58. The number of nitrogen functional groups attached to an aromatic ring is 1. The zero-order valence-corrected chi connectivity index (χ0v) is 22.0. The van der Waals surface area contributed by atoms with E-state index in [1.54, 1.807) is 13.8 Å². The Hall–Kier alpha value is -2.15. The molecule has 1 aromatic heterocycles. The third-order valence-corrected chi connectivity index (χ3v) is 6.88. The number of aliphatic hydroxyl groups is 1. The minimum absolute atomic E-state index is 0.0162. The third-order valence-electron chi connectivity index (χ3n) is 6.57. The third kappa shape index (κ3) is 6.13. The summed E-state index contributed by atoms with van der Waals surface area (Å²) in [5, 5.41) is 14.7. The van der Waals surface area contributed by atoms with Crippen LogP contribution in [0.2, 0.25) is 5.15 Å². The number of hydrogen-bond donors (Lipinski definition) is 3. The Labute approximate surface area is 219 Å². The van der Waals surface area contributed by atoms with Gasteiger partial charge in [-0.15, -0.1) is 0 Å². The fourth-order valence-corrected chi connectivity index (χ4v) is 5.32. The van der Waals surface area contributed by atoms with E-state index in [0.717, 1.165) is 12.1 Å². The van der Waals surface area contributed by atoms with Gasteiger partial charge in [0.15, 0.2) is 23.7 Å². The second kappa shape index (κ2) is 11.3. The molecule has 4 N–H and O–H groups in total. The van der Waals surface area contributed by atoms with E-state index in [1.807, 2.05) is 13.8 Å². The highest BCUT2D eigenvalue weighted by molar-refractivity contribution is 6.30. The van der Waals surface area contributed by atoms with Crippen LogP contribution in [0.5, 0.6) is 0 Å². The lowest BCUT2D eigenvalue weighted by molar-refractivity contribution is -0.162. The molecule has 0 radical (unpaired) electrons. The Morgan fingerprint density at radius 3 is 2.49 bits per heavy atom. The second-order valence-corrected chi connectivity index (χ2v) is 9.94. The maximum absolute atomic E-state index is 13.9. The van der Waals surface area contributed by atoms with E-state index in [0.29, 0.717) is 31.0 Å². The highest BCUT2D eigenvalue weighted by Gasteiger charge is 2.56. The number of nitrogens with zero attached hydrogens (tertiary/aromatic N) is 2. The van der Waals surface area contributed by atoms with E-state index in [1.165, 1.54) is 6.07 Å². The zero-order valence-electron chi connectivity index (χ0n) is 21.2. The van der Waals surface area contributed by atoms with Gasteiger partial charge in [-0.25, -0.2) is 13.8 Å². The minimum Gasteiger partial charge on any atom is -0.388 e. The van der Waals surface area contributed by atoms with Crippen molar-refractivity contribution in [3.8, 4) is 0 Å². The molecule has 5 atom stereocenters. The number of anilines is 2. The number of hydrogen-bond acceptors (Lipinski definition) is 9. The first kappa shape index (κ1) is 27.9. The molecule has 0 spiro atoms. The lowest BCUT2D eigenvalue weighted by atomic mass is 9.92. The molecule has 4 rings (SSSR count). The minimum atomic E-state index is -1.12. The van der Waals surface area contributed by atoms with E-state index in [9.17, 15) is 13.9 Å². The summed E-state index contributed by atoms with van der Waals surface area (Å²) in [6.45, 7) is 8.17. The average Bonchev–Trinajstić information content (AvgIpc) is 3.31. The predicted molar refractivity (Wildman–Crippen MR) is 133 cm³/mol. The summed E-state index contributed by atoms with van der Waals surface area (Å²) in [6.07, 6.45) is -2.03. The number of ether oxygens (including phenoxy) is 4. The first-order chi connectivity index (χ1) is 17.5. The van der Waals surface area contributed by atoms with E-state index >= 15 is 0 Å². The monoisotopic (exact) mass is 542 g/mol. The molecule has 2 aliphatic rings. The number of aliphatic hydroxyl groups excluding tert-OH is 1. The van der Waals surface area contributed by atoms with Gasteiger partial charge in [0.1, 0.15) is 17.1 Å². The van der Waals surface area contributed by atoms with Crippen molar-refractivity contribution in [3.63, 3.8) is 0 Å². The highest BCUT2D eigenvalue weighted by Crippen LogP contribution is 2.47. The van der Waals surface area contributed by atoms with Crippen LogP contribution in [0.25, 0.3) is 0 Å². The van der Waals surface area contributed by atoms with Crippen molar-refractivity contribution in [2.24, 2.45) is 5.92 Å². The molecule has 37 heavy (non-hydrogen) atoms. The van der Waals surface area contributed by atoms with Crippen LogP contribution in [0.1, 0.15) is 51.3 Å². The first-order valence-corrected chi connectivity index (χ1v) is 12.7. The first-order valence-electron chi connectivity index (χ1n) is 12.3. The molecule has 2 heterocycles. The van der Waals surface area contributed by atoms with Crippen LogP contribution in [-0.2, 0) is 25.4 Å². The van der Waals surface area contributed by atoms with Crippen LogP contribution in [0.4, 0.5) is 20.5 Å². The largest absolute Gasteiger partial charge is 0.388 e. The summed E-state index contributed by atoms with van der Waals surface area (Å²) in [6, 6.07) is 2.99. The summed E-state index contributed by atoms with van der Waals surface area (Å²) < 4.78 is 51.1. The van der Waals surface area contributed by atoms with Gasteiger partial charge in [-0.2, -0.15) is 4.98 Å². The standard InChI is InChI=1S/C25H33ClF2N4O5/c1-5-34-18(35-6-2)11-14-22(26)31-24(29)32-23(14)30-17-10-13(20-21(17)37-25(3,4)36-20)19(33)12-7-8-15(27)16(28)9-12/h7-9,13,17-21,33H,5-6,10-11H2,1-4H3,(H3,29,30,31,32)/t13-,17-,19?,20-,21+/m1/s1. The predicted octanol–water partition coefficient (Wildman–Crippen LogP) is 3.99. The van der Waals surface area contributed by atoms with Crippen molar-refractivity contribution in [1.29, 1.82) is 0 Å². The number of benzene rings is 1. The van der Waals surface area contributed by atoms with Crippen molar-refractivity contribution in [3.05, 3.63) is 46.1 Å². The van der Waals surface area contributed by atoms with Gasteiger partial charge in [0.05, 0.1) is 18.2 Å². The van der Waals surface area contributed by atoms with Crippen molar-refractivity contribution >= 4 is 23.4 Å². The van der Waals surface area contributed by atoms with Gasteiger partial charge in [0.2, 0.25) is 5.95 Å². The van der Waals surface area contributed by atoms with E-state index < -0.39 is 47.9 Å². The Kier molecular flexibility index (Phi) is 8.51. The van der Waals surface area contributed by atoms with Crippen LogP contribution in [0, 0.1) is 17.6 Å². The molecular weight excluding hydrogens is 510 g/mol. The molecular formula is C25H33ClF2N4O5. The van der Waals surface area contributed by atoms with Gasteiger partial charge < -0.3 is 35.1 Å². The van der Waals surface area contributed by atoms with Gasteiger partial charge in [0.25, 0.3) is 0 Å². The maximum Gasteiger partial charge on any atom is 0.223 e. The molecule has 1 aliphatic heterocycles.